The number of ether oxygens (including phenoxy) is 1. The number of aliphatic hydroxyl groups is 1. The maximum Gasteiger partial charge on any atom is 0.248 e. The van der Waals surface area contributed by atoms with Crippen LogP contribution in [0, 0.1) is 0 Å². The second kappa shape index (κ2) is 7.40. The lowest BCUT2D eigenvalue weighted by molar-refractivity contribution is -0.00898. The van der Waals surface area contributed by atoms with Gasteiger partial charge in [0, 0.05) is 30.9 Å². The number of nitrogen functional groups attached to an aromatic ring is 1. The Morgan fingerprint density at radius 3 is 2.67 bits per heavy atom. The quantitative estimate of drug-likeness (QED) is 0.657. The number of likely N-dealkylation sites (tertiary alicyclic amines) is 1. The van der Waals surface area contributed by atoms with Crippen molar-refractivity contribution < 1.29 is 14.6 Å². The summed E-state index contributed by atoms with van der Waals surface area (Å²) >= 11 is 0. The van der Waals surface area contributed by atoms with E-state index in [0.29, 0.717) is 17.9 Å². The zero-order valence-corrected chi connectivity index (χ0v) is 12.1. The van der Waals surface area contributed by atoms with Crippen molar-refractivity contribution in [3.63, 3.8) is 0 Å². The average Bonchev–Trinajstić information content (AvgIpc) is 2.48. The summed E-state index contributed by atoms with van der Waals surface area (Å²) in [6.07, 6.45) is 2.15. The zero-order chi connectivity index (χ0) is 15.2. The van der Waals surface area contributed by atoms with Crippen molar-refractivity contribution in [2.75, 3.05) is 32.0 Å². The van der Waals surface area contributed by atoms with Gasteiger partial charge in [-0.2, -0.15) is 0 Å². The van der Waals surface area contributed by atoms with Crippen LogP contribution in [0.3, 0.4) is 0 Å². The number of carbonyl (C=O) groups is 1. The molecule has 0 atom stereocenters. The molecule has 0 aromatic heterocycles. The number of rotatable bonds is 6. The Morgan fingerprint density at radius 1 is 1.38 bits per heavy atom. The van der Waals surface area contributed by atoms with Crippen molar-refractivity contribution in [2.45, 2.75) is 25.5 Å². The molecule has 6 heteroatoms. The summed E-state index contributed by atoms with van der Waals surface area (Å²) < 4.78 is 5.54. The Hall–Kier alpha value is -1.63. The lowest BCUT2D eigenvalue weighted by atomic mass is 10.0. The van der Waals surface area contributed by atoms with Gasteiger partial charge in [-0.25, -0.2) is 0 Å². The first-order valence-corrected chi connectivity index (χ1v) is 7.23. The maximum atomic E-state index is 11.1. The molecule has 0 radical (unpaired) electrons. The fourth-order valence-corrected chi connectivity index (χ4v) is 2.59. The van der Waals surface area contributed by atoms with E-state index in [0.717, 1.165) is 38.0 Å². The molecule has 6 nitrogen and oxygen atoms in total. The van der Waals surface area contributed by atoms with E-state index < -0.39 is 5.91 Å². The SMILES string of the molecule is NC(=O)c1ccc(CN2CCC(OCCO)CC2)c(N)c1. The van der Waals surface area contributed by atoms with Gasteiger partial charge < -0.3 is 21.3 Å². The Morgan fingerprint density at radius 2 is 2.10 bits per heavy atom. The molecule has 2 rings (SSSR count). The number of amides is 1. The molecule has 1 aliphatic heterocycles. The predicted octanol–water partition coefficient (Wildman–Crippen LogP) is 0.341. The molecule has 1 aliphatic rings. The Kier molecular flexibility index (Phi) is 5.55. The normalized spacial score (nSPS) is 17.0. The van der Waals surface area contributed by atoms with Gasteiger partial charge in [0.15, 0.2) is 0 Å². The lowest BCUT2D eigenvalue weighted by Gasteiger charge is -2.32. The largest absolute Gasteiger partial charge is 0.398 e. The molecule has 0 saturated carbocycles. The molecule has 1 aromatic carbocycles. The van der Waals surface area contributed by atoms with Gasteiger partial charge in [0.2, 0.25) is 5.91 Å². The number of primary amides is 1. The van der Waals surface area contributed by atoms with Gasteiger partial charge in [-0.05, 0) is 30.5 Å². The molecular weight excluding hydrogens is 270 g/mol. The number of nitrogens with zero attached hydrogens (tertiary/aromatic N) is 1. The van der Waals surface area contributed by atoms with Crippen molar-refractivity contribution in [3.8, 4) is 0 Å². The second-order valence-corrected chi connectivity index (χ2v) is 5.35. The molecule has 21 heavy (non-hydrogen) atoms. The van der Waals surface area contributed by atoms with Crippen LogP contribution in [-0.4, -0.2) is 48.3 Å². The Balaban J connectivity index is 1.87. The Labute approximate surface area is 124 Å². The number of aliphatic hydroxyl groups excluding tert-OH is 1. The molecule has 5 N–H and O–H groups in total. The van der Waals surface area contributed by atoms with Crippen LogP contribution >= 0.6 is 0 Å². The molecular formula is C15H23N3O3. The van der Waals surface area contributed by atoms with Gasteiger partial charge in [0.1, 0.15) is 0 Å². The molecule has 1 heterocycles. The van der Waals surface area contributed by atoms with Crippen LogP contribution < -0.4 is 11.5 Å². The first kappa shape index (κ1) is 15.8. The minimum atomic E-state index is -0.463. The van der Waals surface area contributed by atoms with Crippen LogP contribution in [-0.2, 0) is 11.3 Å². The fourth-order valence-electron chi connectivity index (χ4n) is 2.59. The van der Waals surface area contributed by atoms with E-state index >= 15 is 0 Å². The van der Waals surface area contributed by atoms with Crippen molar-refractivity contribution in [1.82, 2.24) is 4.90 Å². The van der Waals surface area contributed by atoms with Gasteiger partial charge in [-0.1, -0.05) is 6.07 Å². The first-order valence-electron chi connectivity index (χ1n) is 7.23. The van der Waals surface area contributed by atoms with Crippen LogP contribution in [0.25, 0.3) is 0 Å². The minimum absolute atomic E-state index is 0.0724. The highest BCUT2D eigenvalue weighted by Gasteiger charge is 2.20. The molecule has 1 amide bonds. The van der Waals surface area contributed by atoms with Crippen LogP contribution in [0.1, 0.15) is 28.8 Å². The highest BCUT2D eigenvalue weighted by molar-refractivity contribution is 5.93. The van der Waals surface area contributed by atoms with Crippen molar-refractivity contribution in [3.05, 3.63) is 29.3 Å². The summed E-state index contributed by atoms with van der Waals surface area (Å²) in [7, 11) is 0. The number of hydrogen-bond donors (Lipinski definition) is 3. The summed E-state index contributed by atoms with van der Waals surface area (Å²) in [6, 6.07) is 5.21. The Bertz CT molecular complexity index is 485. The third-order valence-corrected chi connectivity index (χ3v) is 3.80. The van der Waals surface area contributed by atoms with Crippen LogP contribution in [0.4, 0.5) is 5.69 Å². The third-order valence-electron chi connectivity index (χ3n) is 3.80. The van der Waals surface area contributed by atoms with E-state index in [-0.39, 0.29) is 12.7 Å². The summed E-state index contributed by atoms with van der Waals surface area (Å²) in [5, 5.41) is 8.75. The third kappa shape index (κ3) is 4.42. The topological polar surface area (TPSA) is 102 Å². The molecule has 0 spiro atoms. The lowest BCUT2D eigenvalue weighted by Crippen LogP contribution is -2.37. The van der Waals surface area contributed by atoms with E-state index in [9.17, 15) is 4.79 Å². The van der Waals surface area contributed by atoms with E-state index in [1.807, 2.05) is 6.07 Å². The van der Waals surface area contributed by atoms with Crippen molar-refractivity contribution in [1.29, 1.82) is 0 Å². The number of hydrogen-bond acceptors (Lipinski definition) is 5. The molecule has 116 valence electrons. The molecule has 0 unspecified atom stereocenters. The minimum Gasteiger partial charge on any atom is -0.398 e. The van der Waals surface area contributed by atoms with E-state index in [1.54, 1.807) is 12.1 Å². The van der Waals surface area contributed by atoms with Crippen molar-refractivity contribution >= 4 is 11.6 Å². The number of piperidine rings is 1. The maximum absolute atomic E-state index is 11.1. The zero-order valence-electron chi connectivity index (χ0n) is 12.1. The molecule has 1 fully saturated rings. The smallest absolute Gasteiger partial charge is 0.248 e. The molecule has 0 bridgehead atoms. The van der Waals surface area contributed by atoms with Gasteiger partial charge in [-0.15, -0.1) is 0 Å². The second-order valence-electron chi connectivity index (χ2n) is 5.35. The van der Waals surface area contributed by atoms with Crippen molar-refractivity contribution in [2.24, 2.45) is 5.73 Å². The number of carbonyl (C=O) groups excluding carboxylic acids is 1. The molecule has 0 aliphatic carbocycles. The van der Waals surface area contributed by atoms with Crippen LogP contribution in [0.5, 0.6) is 0 Å². The monoisotopic (exact) mass is 293 g/mol. The van der Waals surface area contributed by atoms with E-state index in [1.165, 1.54) is 0 Å². The van der Waals surface area contributed by atoms with Gasteiger partial charge >= 0.3 is 0 Å². The highest BCUT2D eigenvalue weighted by Crippen LogP contribution is 2.20. The van der Waals surface area contributed by atoms with Crippen LogP contribution in [0.15, 0.2) is 18.2 Å². The molecule has 1 saturated heterocycles. The van der Waals surface area contributed by atoms with Gasteiger partial charge in [0.05, 0.1) is 19.3 Å². The van der Waals surface area contributed by atoms with E-state index in [2.05, 4.69) is 4.90 Å². The van der Waals surface area contributed by atoms with E-state index in [4.69, 9.17) is 21.3 Å². The average molecular weight is 293 g/mol. The van der Waals surface area contributed by atoms with Crippen LogP contribution in [0.2, 0.25) is 0 Å². The predicted molar refractivity (Wildman–Crippen MR) is 80.7 cm³/mol. The summed E-state index contributed by atoms with van der Waals surface area (Å²) in [5.74, 6) is -0.463. The summed E-state index contributed by atoms with van der Waals surface area (Å²) in [6.45, 7) is 3.12. The fraction of sp³-hybridized carbons (Fsp3) is 0.533. The van der Waals surface area contributed by atoms with Gasteiger partial charge in [0.25, 0.3) is 0 Å². The van der Waals surface area contributed by atoms with Gasteiger partial charge in [-0.3, -0.25) is 9.69 Å². The number of nitrogens with two attached hydrogens (primary N) is 2. The number of benzene rings is 1. The standard InChI is InChI=1S/C15H23N3O3/c16-14-9-11(15(17)20)1-2-12(14)10-18-5-3-13(4-6-18)21-8-7-19/h1-2,9,13,19H,3-8,10,16H2,(H2,17,20). The highest BCUT2D eigenvalue weighted by atomic mass is 16.5. The number of anilines is 1. The summed E-state index contributed by atoms with van der Waals surface area (Å²) in [4.78, 5) is 13.4. The molecule has 1 aromatic rings. The summed E-state index contributed by atoms with van der Waals surface area (Å²) in [5.41, 5.74) is 13.3. The first-order chi connectivity index (χ1) is 10.1.